The summed E-state index contributed by atoms with van der Waals surface area (Å²) in [4.78, 5) is 14.2. The fourth-order valence-corrected chi connectivity index (χ4v) is 2.71. The van der Waals surface area contributed by atoms with Gasteiger partial charge < -0.3 is 19.5 Å². The lowest BCUT2D eigenvalue weighted by atomic mass is 10.1. The SMILES string of the molecule is COc1cccc(-c2cc(CN(C(=O)Nc3ccccc3F)C(C)C)no2)c1. The number of aromatic nitrogens is 1. The Kier molecular flexibility index (Phi) is 5.93. The molecule has 1 heterocycles. The monoisotopic (exact) mass is 383 g/mol. The number of amides is 2. The van der Waals surface area contributed by atoms with Crippen LogP contribution in [-0.4, -0.2) is 29.2 Å². The van der Waals surface area contributed by atoms with Crippen molar-refractivity contribution in [2.75, 3.05) is 12.4 Å². The van der Waals surface area contributed by atoms with Gasteiger partial charge in [0, 0.05) is 17.7 Å². The third-order valence-electron chi connectivity index (χ3n) is 4.25. The minimum absolute atomic E-state index is 0.122. The van der Waals surface area contributed by atoms with Gasteiger partial charge in [0.25, 0.3) is 0 Å². The van der Waals surface area contributed by atoms with Gasteiger partial charge in [-0.25, -0.2) is 9.18 Å². The third-order valence-corrected chi connectivity index (χ3v) is 4.25. The standard InChI is InChI=1S/C21H22FN3O3/c1-14(2)25(21(26)23-19-10-5-4-9-18(19)22)13-16-12-20(28-24-16)15-7-6-8-17(11-15)27-3/h4-12,14H,13H2,1-3H3,(H,23,26). The van der Waals surface area contributed by atoms with E-state index in [1.54, 1.807) is 30.2 Å². The summed E-state index contributed by atoms with van der Waals surface area (Å²) in [5.41, 5.74) is 1.55. The van der Waals surface area contributed by atoms with E-state index in [1.165, 1.54) is 12.1 Å². The maximum absolute atomic E-state index is 13.8. The van der Waals surface area contributed by atoms with E-state index in [0.717, 1.165) is 5.56 Å². The molecule has 3 rings (SSSR count). The number of nitrogens with one attached hydrogen (secondary N) is 1. The van der Waals surface area contributed by atoms with Crippen molar-refractivity contribution in [1.82, 2.24) is 10.1 Å². The van der Waals surface area contributed by atoms with Crippen LogP contribution in [0.3, 0.4) is 0 Å². The van der Waals surface area contributed by atoms with Crippen molar-refractivity contribution < 1.29 is 18.4 Å². The third kappa shape index (κ3) is 4.49. The van der Waals surface area contributed by atoms with E-state index in [4.69, 9.17) is 9.26 Å². The summed E-state index contributed by atoms with van der Waals surface area (Å²) >= 11 is 0. The van der Waals surface area contributed by atoms with Gasteiger partial charge in [0.15, 0.2) is 5.76 Å². The van der Waals surface area contributed by atoms with Crippen molar-refractivity contribution in [3.8, 4) is 17.1 Å². The quantitative estimate of drug-likeness (QED) is 0.655. The van der Waals surface area contributed by atoms with Crippen molar-refractivity contribution in [2.45, 2.75) is 26.4 Å². The molecule has 0 unspecified atom stereocenters. The highest BCUT2D eigenvalue weighted by Gasteiger charge is 2.20. The number of ether oxygens (including phenoxy) is 1. The zero-order valence-electron chi connectivity index (χ0n) is 16.0. The number of rotatable bonds is 6. The molecule has 0 atom stereocenters. The Morgan fingerprint density at radius 1 is 1.21 bits per heavy atom. The summed E-state index contributed by atoms with van der Waals surface area (Å²) in [7, 11) is 1.60. The number of carbonyl (C=O) groups is 1. The van der Waals surface area contributed by atoms with Crippen LogP contribution in [0.4, 0.5) is 14.9 Å². The molecule has 0 spiro atoms. The summed E-state index contributed by atoms with van der Waals surface area (Å²) in [5.74, 6) is 0.803. The zero-order chi connectivity index (χ0) is 20.1. The van der Waals surface area contributed by atoms with Gasteiger partial charge in [-0.3, -0.25) is 0 Å². The molecule has 0 fully saturated rings. The summed E-state index contributed by atoms with van der Waals surface area (Å²) in [6.07, 6.45) is 0. The topological polar surface area (TPSA) is 67.6 Å². The van der Waals surface area contributed by atoms with Gasteiger partial charge in [-0.15, -0.1) is 0 Å². The van der Waals surface area contributed by atoms with Crippen molar-refractivity contribution >= 4 is 11.7 Å². The number of urea groups is 1. The minimum atomic E-state index is -0.485. The number of hydrogen-bond acceptors (Lipinski definition) is 4. The van der Waals surface area contributed by atoms with Crippen LogP contribution in [0.2, 0.25) is 0 Å². The van der Waals surface area contributed by atoms with E-state index >= 15 is 0 Å². The first kappa shape index (κ1) is 19.4. The number of carbonyl (C=O) groups excluding carboxylic acids is 1. The van der Waals surface area contributed by atoms with Crippen molar-refractivity contribution in [3.05, 3.63) is 66.1 Å². The maximum atomic E-state index is 13.8. The summed E-state index contributed by atoms with van der Waals surface area (Å²) in [6, 6.07) is 14.7. The average Bonchev–Trinajstić information content (AvgIpc) is 3.16. The molecule has 28 heavy (non-hydrogen) atoms. The normalized spacial score (nSPS) is 10.8. The molecule has 0 aliphatic heterocycles. The predicted octanol–water partition coefficient (Wildman–Crippen LogP) is 4.93. The molecular weight excluding hydrogens is 361 g/mol. The molecule has 2 amide bonds. The molecule has 0 saturated heterocycles. The lowest BCUT2D eigenvalue weighted by Gasteiger charge is -2.26. The first-order valence-electron chi connectivity index (χ1n) is 8.90. The Hall–Kier alpha value is -3.35. The second kappa shape index (κ2) is 8.56. The number of nitrogens with zero attached hydrogens (tertiary/aromatic N) is 2. The molecule has 1 N–H and O–H groups in total. The Balaban J connectivity index is 1.75. The molecule has 2 aromatic carbocycles. The number of hydrogen-bond donors (Lipinski definition) is 1. The van der Waals surface area contributed by atoms with Gasteiger partial charge in [0.2, 0.25) is 0 Å². The van der Waals surface area contributed by atoms with Gasteiger partial charge in [0.1, 0.15) is 17.3 Å². The summed E-state index contributed by atoms with van der Waals surface area (Å²) in [6.45, 7) is 3.99. The van der Waals surface area contributed by atoms with E-state index in [9.17, 15) is 9.18 Å². The zero-order valence-corrected chi connectivity index (χ0v) is 16.0. The fraction of sp³-hybridized carbons (Fsp3) is 0.238. The Morgan fingerprint density at radius 2 is 2.00 bits per heavy atom. The molecule has 0 aliphatic carbocycles. The van der Waals surface area contributed by atoms with Crippen LogP contribution in [0.15, 0.2) is 59.1 Å². The molecule has 0 radical (unpaired) electrons. The summed E-state index contributed by atoms with van der Waals surface area (Å²) < 4.78 is 24.5. The number of benzene rings is 2. The highest BCUT2D eigenvalue weighted by Crippen LogP contribution is 2.25. The van der Waals surface area contributed by atoms with E-state index in [0.29, 0.717) is 17.2 Å². The molecule has 1 aromatic heterocycles. The van der Waals surface area contributed by atoms with Crippen molar-refractivity contribution in [3.63, 3.8) is 0 Å². The van der Waals surface area contributed by atoms with Crippen molar-refractivity contribution in [1.29, 1.82) is 0 Å². The molecule has 0 aliphatic rings. The molecule has 6 nitrogen and oxygen atoms in total. The van der Waals surface area contributed by atoms with Crippen LogP contribution in [0, 0.1) is 5.82 Å². The average molecular weight is 383 g/mol. The van der Waals surface area contributed by atoms with Crippen LogP contribution in [-0.2, 0) is 6.54 Å². The molecule has 3 aromatic rings. The molecule has 7 heteroatoms. The molecule has 0 bridgehead atoms. The molecule has 146 valence electrons. The Bertz CT molecular complexity index is 955. The van der Waals surface area contributed by atoms with Crippen LogP contribution >= 0.6 is 0 Å². The highest BCUT2D eigenvalue weighted by atomic mass is 19.1. The minimum Gasteiger partial charge on any atom is -0.497 e. The smallest absolute Gasteiger partial charge is 0.322 e. The van der Waals surface area contributed by atoms with Crippen LogP contribution in [0.1, 0.15) is 19.5 Å². The van der Waals surface area contributed by atoms with E-state index in [1.807, 2.05) is 38.1 Å². The first-order valence-corrected chi connectivity index (χ1v) is 8.90. The largest absolute Gasteiger partial charge is 0.497 e. The number of anilines is 1. The fourth-order valence-electron chi connectivity index (χ4n) is 2.71. The van der Waals surface area contributed by atoms with Gasteiger partial charge in [-0.05, 0) is 38.1 Å². The van der Waals surface area contributed by atoms with Crippen LogP contribution in [0.5, 0.6) is 5.75 Å². The predicted molar refractivity (Wildman–Crippen MR) is 105 cm³/mol. The first-order chi connectivity index (χ1) is 13.5. The van der Waals surface area contributed by atoms with E-state index in [2.05, 4.69) is 10.5 Å². The van der Waals surface area contributed by atoms with Gasteiger partial charge in [-0.1, -0.05) is 29.4 Å². The summed E-state index contributed by atoms with van der Waals surface area (Å²) in [5, 5.41) is 6.67. The maximum Gasteiger partial charge on any atom is 0.322 e. The van der Waals surface area contributed by atoms with Crippen LogP contribution in [0.25, 0.3) is 11.3 Å². The highest BCUT2D eigenvalue weighted by molar-refractivity contribution is 5.89. The second-order valence-corrected chi connectivity index (χ2v) is 6.55. The van der Waals surface area contributed by atoms with Gasteiger partial charge in [0.05, 0.1) is 19.3 Å². The second-order valence-electron chi connectivity index (χ2n) is 6.55. The molecular formula is C21H22FN3O3. The molecule has 0 saturated carbocycles. The van der Waals surface area contributed by atoms with Crippen LogP contribution < -0.4 is 10.1 Å². The van der Waals surface area contributed by atoms with E-state index in [-0.39, 0.29) is 18.3 Å². The Morgan fingerprint density at radius 3 is 2.71 bits per heavy atom. The van der Waals surface area contributed by atoms with Gasteiger partial charge >= 0.3 is 6.03 Å². The number of para-hydroxylation sites is 1. The van der Waals surface area contributed by atoms with Crippen molar-refractivity contribution in [2.24, 2.45) is 0 Å². The Labute approximate surface area is 162 Å². The number of halogens is 1. The lowest BCUT2D eigenvalue weighted by Crippen LogP contribution is -2.39. The lowest BCUT2D eigenvalue weighted by molar-refractivity contribution is 0.191. The number of methoxy groups -OCH3 is 1. The van der Waals surface area contributed by atoms with Gasteiger partial charge in [-0.2, -0.15) is 0 Å². The van der Waals surface area contributed by atoms with E-state index < -0.39 is 11.8 Å².